The highest BCUT2D eigenvalue weighted by Gasteiger charge is 2.23. The second-order valence-electron chi connectivity index (χ2n) is 4.35. The van der Waals surface area contributed by atoms with Crippen LogP contribution in [0, 0.1) is 5.92 Å². The van der Waals surface area contributed by atoms with Crippen molar-refractivity contribution in [2.75, 3.05) is 6.61 Å². The molecule has 0 aliphatic heterocycles. The van der Waals surface area contributed by atoms with Gasteiger partial charge < -0.3 is 15.2 Å². The zero-order valence-electron chi connectivity index (χ0n) is 10.7. The molecule has 0 bridgehead atoms. The van der Waals surface area contributed by atoms with Crippen molar-refractivity contribution in [3.8, 4) is 5.75 Å². The van der Waals surface area contributed by atoms with Crippen molar-refractivity contribution in [3.63, 3.8) is 0 Å². The summed E-state index contributed by atoms with van der Waals surface area (Å²) in [6.45, 7) is 3.15. The van der Waals surface area contributed by atoms with Crippen LogP contribution in [-0.4, -0.2) is 29.6 Å². The van der Waals surface area contributed by atoms with E-state index in [2.05, 4.69) is 5.32 Å². The molecule has 0 saturated carbocycles. The SMILES string of the molecule is CC(C)C(NC(=O)COc1ccccc1Cl)C(=O)O. The Hall–Kier alpha value is -1.75. The first-order valence-corrected chi connectivity index (χ1v) is 6.19. The standard InChI is InChI=1S/C13H16ClNO4/c1-8(2)12(13(17)18)15-11(16)7-19-10-6-4-3-5-9(10)14/h3-6,8,12H,7H2,1-2H3,(H,15,16)(H,17,18). The van der Waals surface area contributed by atoms with Crippen LogP contribution in [0.5, 0.6) is 5.75 Å². The fourth-order valence-corrected chi connectivity index (χ4v) is 1.62. The molecule has 0 saturated heterocycles. The van der Waals surface area contributed by atoms with E-state index < -0.39 is 17.9 Å². The van der Waals surface area contributed by atoms with Gasteiger partial charge in [0, 0.05) is 0 Å². The quantitative estimate of drug-likeness (QED) is 0.837. The van der Waals surface area contributed by atoms with Crippen LogP contribution in [0.1, 0.15) is 13.8 Å². The number of carboxylic acid groups (broad SMARTS) is 1. The average Bonchev–Trinajstić information content (AvgIpc) is 2.34. The number of aliphatic carboxylic acids is 1. The fraction of sp³-hybridized carbons (Fsp3) is 0.385. The molecule has 5 nitrogen and oxygen atoms in total. The van der Waals surface area contributed by atoms with Crippen LogP contribution < -0.4 is 10.1 Å². The molecule has 1 rings (SSSR count). The summed E-state index contributed by atoms with van der Waals surface area (Å²) in [6, 6.07) is 5.82. The molecular formula is C13H16ClNO4. The molecule has 1 unspecified atom stereocenters. The molecule has 1 amide bonds. The van der Waals surface area contributed by atoms with E-state index >= 15 is 0 Å². The van der Waals surface area contributed by atoms with E-state index in [-0.39, 0.29) is 12.5 Å². The van der Waals surface area contributed by atoms with Gasteiger partial charge in [-0.2, -0.15) is 0 Å². The normalized spacial score (nSPS) is 12.0. The predicted octanol–water partition coefficient (Wildman–Crippen LogP) is 1.94. The summed E-state index contributed by atoms with van der Waals surface area (Å²) >= 11 is 5.86. The minimum Gasteiger partial charge on any atom is -0.482 e. The van der Waals surface area contributed by atoms with Gasteiger partial charge in [-0.15, -0.1) is 0 Å². The molecule has 1 aromatic carbocycles. The van der Waals surface area contributed by atoms with Crippen molar-refractivity contribution < 1.29 is 19.4 Å². The van der Waals surface area contributed by atoms with Gasteiger partial charge >= 0.3 is 5.97 Å². The molecule has 104 valence electrons. The Morgan fingerprint density at radius 2 is 2.00 bits per heavy atom. The Morgan fingerprint density at radius 3 is 2.53 bits per heavy atom. The Balaban J connectivity index is 2.52. The summed E-state index contributed by atoms with van der Waals surface area (Å²) in [5.41, 5.74) is 0. The van der Waals surface area contributed by atoms with Gasteiger partial charge in [-0.25, -0.2) is 4.79 Å². The summed E-state index contributed by atoms with van der Waals surface area (Å²) in [7, 11) is 0. The third-order valence-electron chi connectivity index (χ3n) is 2.44. The molecule has 1 aromatic rings. The Labute approximate surface area is 116 Å². The summed E-state index contributed by atoms with van der Waals surface area (Å²) < 4.78 is 5.22. The summed E-state index contributed by atoms with van der Waals surface area (Å²) in [5.74, 6) is -1.39. The van der Waals surface area contributed by atoms with Gasteiger partial charge in [-0.1, -0.05) is 37.6 Å². The van der Waals surface area contributed by atoms with E-state index in [1.165, 1.54) is 0 Å². The second-order valence-corrected chi connectivity index (χ2v) is 4.75. The first-order chi connectivity index (χ1) is 8.91. The number of halogens is 1. The molecule has 1 atom stereocenters. The lowest BCUT2D eigenvalue weighted by atomic mass is 10.1. The van der Waals surface area contributed by atoms with Gasteiger partial charge in [0.15, 0.2) is 6.61 Å². The third-order valence-corrected chi connectivity index (χ3v) is 2.76. The van der Waals surface area contributed by atoms with Crippen molar-refractivity contribution in [2.45, 2.75) is 19.9 Å². The minimum atomic E-state index is -1.07. The highest BCUT2D eigenvalue weighted by atomic mass is 35.5. The number of rotatable bonds is 6. The monoisotopic (exact) mass is 285 g/mol. The van der Waals surface area contributed by atoms with Crippen LogP contribution in [0.15, 0.2) is 24.3 Å². The summed E-state index contributed by atoms with van der Waals surface area (Å²) in [6.07, 6.45) is 0. The number of carboxylic acids is 1. The number of para-hydroxylation sites is 1. The number of hydrogen-bond acceptors (Lipinski definition) is 3. The lowest BCUT2D eigenvalue weighted by Gasteiger charge is -2.18. The molecule has 6 heteroatoms. The van der Waals surface area contributed by atoms with Crippen LogP contribution in [-0.2, 0) is 9.59 Å². The molecule has 2 N–H and O–H groups in total. The summed E-state index contributed by atoms with van der Waals surface area (Å²) in [5, 5.41) is 11.7. The first-order valence-electron chi connectivity index (χ1n) is 5.81. The van der Waals surface area contributed by atoms with E-state index in [4.69, 9.17) is 21.4 Å². The van der Waals surface area contributed by atoms with Crippen molar-refractivity contribution in [2.24, 2.45) is 5.92 Å². The number of benzene rings is 1. The van der Waals surface area contributed by atoms with E-state index in [1.54, 1.807) is 38.1 Å². The molecule has 0 aliphatic carbocycles. The van der Waals surface area contributed by atoms with Crippen molar-refractivity contribution in [1.29, 1.82) is 0 Å². The Bertz CT molecular complexity index is 462. The number of hydrogen-bond donors (Lipinski definition) is 2. The highest BCUT2D eigenvalue weighted by molar-refractivity contribution is 6.32. The lowest BCUT2D eigenvalue weighted by molar-refractivity contribution is -0.143. The summed E-state index contributed by atoms with van der Waals surface area (Å²) in [4.78, 5) is 22.5. The highest BCUT2D eigenvalue weighted by Crippen LogP contribution is 2.22. The smallest absolute Gasteiger partial charge is 0.326 e. The maximum absolute atomic E-state index is 11.6. The Morgan fingerprint density at radius 1 is 1.37 bits per heavy atom. The van der Waals surface area contributed by atoms with E-state index in [1.807, 2.05) is 0 Å². The van der Waals surface area contributed by atoms with Gasteiger partial charge in [0.25, 0.3) is 5.91 Å². The number of amides is 1. The number of ether oxygens (including phenoxy) is 1. The maximum Gasteiger partial charge on any atom is 0.326 e. The first kappa shape index (κ1) is 15.3. The molecule has 0 spiro atoms. The molecular weight excluding hydrogens is 270 g/mol. The van der Waals surface area contributed by atoms with E-state index in [0.717, 1.165) is 0 Å². The molecule has 19 heavy (non-hydrogen) atoms. The van der Waals surface area contributed by atoms with Gasteiger partial charge in [0.05, 0.1) is 5.02 Å². The van der Waals surface area contributed by atoms with Gasteiger partial charge in [0.1, 0.15) is 11.8 Å². The van der Waals surface area contributed by atoms with E-state index in [0.29, 0.717) is 10.8 Å². The van der Waals surface area contributed by atoms with Crippen LogP contribution >= 0.6 is 11.6 Å². The van der Waals surface area contributed by atoms with Crippen LogP contribution in [0.2, 0.25) is 5.02 Å². The molecule has 0 radical (unpaired) electrons. The molecule has 0 fully saturated rings. The zero-order valence-corrected chi connectivity index (χ0v) is 11.5. The van der Waals surface area contributed by atoms with Crippen LogP contribution in [0.3, 0.4) is 0 Å². The van der Waals surface area contributed by atoms with Crippen molar-refractivity contribution in [3.05, 3.63) is 29.3 Å². The fourth-order valence-electron chi connectivity index (χ4n) is 1.43. The minimum absolute atomic E-state index is 0.207. The zero-order chi connectivity index (χ0) is 14.4. The number of nitrogens with one attached hydrogen (secondary N) is 1. The second kappa shape index (κ2) is 6.99. The van der Waals surface area contributed by atoms with Crippen molar-refractivity contribution >= 4 is 23.5 Å². The maximum atomic E-state index is 11.6. The van der Waals surface area contributed by atoms with Crippen LogP contribution in [0.4, 0.5) is 0 Å². The number of carbonyl (C=O) groups is 2. The largest absolute Gasteiger partial charge is 0.482 e. The molecule has 0 aliphatic rings. The van der Waals surface area contributed by atoms with Gasteiger partial charge in [-0.3, -0.25) is 4.79 Å². The average molecular weight is 286 g/mol. The molecule has 0 aromatic heterocycles. The van der Waals surface area contributed by atoms with Crippen LogP contribution in [0.25, 0.3) is 0 Å². The number of carbonyl (C=O) groups excluding carboxylic acids is 1. The van der Waals surface area contributed by atoms with Crippen molar-refractivity contribution in [1.82, 2.24) is 5.32 Å². The Kier molecular flexibility index (Phi) is 5.63. The lowest BCUT2D eigenvalue weighted by Crippen LogP contribution is -2.46. The molecule has 0 heterocycles. The predicted molar refractivity (Wildman–Crippen MR) is 71.4 cm³/mol. The van der Waals surface area contributed by atoms with Gasteiger partial charge in [-0.05, 0) is 18.1 Å². The van der Waals surface area contributed by atoms with E-state index in [9.17, 15) is 9.59 Å². The van der Waals surface area contributed by atoms with Gasteiger partial charge in [0.2, 0.25) is 0 Å². The topological polar surface area (TPSA) is 75.6 Å². The third kappa shape index (κ3) is 4.79.